The highest BCUT2D eigenvalue weighted by Crippen LogP contribution is 2.27. The molecule has 4 nitrogen and oxygen atoms in total. The monoisotopic (exact) mass is 240 g/mol. The first kappa shape index (κ1) is 11.6. The fourth-order valence-corrected chi connectivity index (χ4v) is 2.13. The van der Waals surface area contributed by atoms with Gasteiger partial charge >= 0.3 is 0 Å². The van der Waals surface area contributed by atoms with Crippen LogP contribution in [0.2, 0.25) is 5.28 Å². The van der Waals surface area contributed by atoms with Gasteiger partial charge in [0.25, 0.3) is 0 Å². The Bertz CT molecular complexity index is 378. The summed E-state index contributed by atoms with van der Waals surface area (Å²) in [6.45, 7) is 1.86. The summed E-state index contributed by atoms with van der Waals surface area (Å²) in [5, 5.41) is 3.69. The van der Waals surface area contributed by atoms with Crippen LogP contribution in [0, 0.1) is 0 Å². The van der Waals surface area contributed by atoms with Gasteiger partial charge in [-0.15, -0.1) is 0 Å². The van der Waals surface area contributed by atoms with Crippen LogP contribution in [-0.2, 0) is 12.8 Å². The molecule has 2 rings (SSSR count). The highest BCUT2D eigenvalue weighted by atomic mass is 35.5. The van der Waals surface area contributed by atoms with Gasteiger partial charge in [0, 0.05) is 18.7 Å². The predicted molar refractivity (Wildman–Crippen MR) is 66.1 cm³/mol. The molecule has 16 heavy (non-hydrogen) atoms. The van der Waals surface area contributed by atoms with Gasteiger partial charge in [-0.2, -0.15) is 0 Å². The zero-order valence-electron chi connectivity index (χ0n) is 9.76. The number of aromatic nitrogens is 2. The third kappa shape index (κ3) is 2.62. The highest BCUT2D eigenvalue weighted by molar-refractivity contribution is 6.28. The van der Waals surface area contributed by atoms with Gasteiger partial charge in [0.1, 0.15) is 5.82 Å². The normalized spacial score (nSPS) is 14.2. The first-order valence-electron chi connectivity index (χ1n) is 5.60. The molecule has 0 fully saturated rings. The lowest BCUT2D eigenvalue weighted by molar-refractivity contribution is 0.425. The molecule has 0 amide bonds. The van der Waals surface area contributed by atoms with Crippen LogP contribution >= 0.6 is 11.6 Å². The maximum absolute atomic E-state index is 5.90. The zero-order valence-corrected chi connectivity index (χ0v) is 10.5. The average molecular weight is 241 g/mol. The zero-order chi connectivity index (χ0) is 11.5. The molecule has 1 N–H and O–H groups in total. The van der Waals surface area contributed by atoms with Crippen LogP contribution in [0.3, 0.4) is 0 Å². The van der Waals surface area contributed by atoms with Gasteiger partial charge in [0.05, 0.1) is 5.69 Å². The predicted octanol–water partition coefficient (Wildman–Crippen LogP) is 1.59. The molecule has 1 heterocycles. The van der Waals surface area contributed by atoms with Gasteiger partial charge in [0.15, 0.2) is 0 Å². The van der Waals surface area contributed by atoms with Crippen molar-refractivity contribution in [2.45, 2.75) is 19.3 Å². The Morgan fingerprint density at radius 3 is 2.88 bits per heavy atom. The van der Waals surface area contributed by atoms with E-state index in [1.54, 1.807) is 0 Å². The number of nitrogens with zero attached hydrogens (tertiary/aromatic N) is 3. The summed E-state index contributed by atoms with van der Waals surface area (Å²) in [4.78, 5) is 10.7. The van der Waals surface area contributed by atoms with Crippen LogP contribution in [0.1, 0.15) is 17.7 Å². The maximum atomic E-state index is 5.90. The van der Waals surface area contributed by atoms with Crippen LogP contribution in [-0.4, -0.2) is 42.1 Å². The van der Waals surface area contributed by atoms with Crippen molar-refractivity contribution in [2.24, 2.45) is 0 Å². The van der Waals surface area contributed by atoms with Gasteiger partial charge in [-0.3, -0.25) is 0 Å². The van der Waals surface area contributed by atoms with Crippen molar-refractivity contribution in [3.8, 4) is 0 Å². The van der Waals surface area contributed by atoms with E-state index in [4.69, 9.17) is 11.6 Å². The molecule has 0 aliphatic heterocycles. The first-order valence-corrected chi connectivity index (χ1v) is 5.98. The number of fused-ring (bicyclic) bond motifs is 1. The van der Waals surface area contributed by atoms with E-state index in [1.165, 1.54) is 5.56 Å². The Hall–Kier alpha value is -0.870. The Kier molecular flexibility index (Phi) is 3.61. The summed E-state index contributed by atoms with van der Waals surface area (Å²) in [7, 11) is 4.11. The van der Waals surface area contributed by atoms with Crippen LogP contribution in [0.25, 0.3) is 0 Å². The van der Waals surface area contributed by atoms with Crippen molar-refractivity contribution < 1.29 is 0 Å². The summed E-state index contributed by atoms with van der Waals surface area (Å²) in [6.07, 6.45) is 3.25. The highest BCUT2D eigenvalue weighted by Gasteiger charge is 2.18. The fourth-order valence-electron chi connectivity index (χ4n) is 1.95. The summed E-state index contributed by atoms with van der Waals surface area (Å²) in [5.74, 6) is 0.925. The van der Waals surface area contributed by atoms with Crippen molar-refractivity contribution >= 4 is 17.4 Å². The van der Waals surface area contributed by atoms with E-state index < -0.39 is 0 Å². The Labute approximate surface area is 101 Å². The molecular formula is C11H17ClN4. The number of anilines is 1. The van der Waals surface area contributed by atoms with Crippen molar-refractivity contribution in [2.75, 3.05) is 32.5 Å². The summed E-state index contributed by atoms with van der Waals surface area (Å²) >= 11 is 5.90. The number of halogens is 1. The minimum Gasteiger partial charge on any atom is -0.368 e. The molecule has 0 aromatic carbocycles. The van der Waals surface area contributed by atoms with Crippen molar-refractivity contribution in [1.82, 2.24) is 14.9 Å². The van der Waals surface area contributed by atoms with Gasteiger partial charge in [-0.05, 0) is 45.0 Å². The largest absolute Gasteiger partial charge is 0.368 e. The van der Waals surface area contributed by atoms with Gasteiger partial charge < -0.3 is 10.2 Å². The lowest BCUT2D eigenvalue weighted by atomic mass is 10.2. The SMILES string of the molecule is CN(C)CCNc1nc(Cl)nc2c1CCC2. The smallest absolute Gasteiger partial charge is 0.224 e. The molecule has 0 bridgehead atoms. The lowest BCUT2D eigenvalue weighted by Gasteiger charge is -2.13. The Morgan fingerprint density at radius 1 is 1.31 bits per heavy atom. The second kappa shape index (κ2) is 4.97. The molecule has 0 spiro atoms. The molecule has 1 aliphatic carbocycles. The number of rotatable bonds is 4. The summed E-state index contributed by atoms with van der Waals surface area (Å²) in [6, 6.07) is 0. The molecule has 1 aromatic rings. The fraction of sp³-hybridized carbons (Fsp3) is 0.636. The molecule has 1 aliphatic rings. The molecule has 5 heteroatoms. The second-order valence-corrected chi connectivity index (χ2v) is 4.69. The lowest BCUT2D eigenvalue weighted by Crippen LogP contribution is -2.21. The molecule has 88 valence electrons. The van der Waals surface area contributed by atoms with Crippen LogP contribution < -0.4 is 5.32 Å². The second-order valence-electron chi connectivity index (χ2n) is 4.35. The van der Waals surface area contributed by atoms with E-state index in [-0.39, 0.29) is 0 Å². The third-order valence-electron chi connectivity index (χ3n) is 2.76. The third-order valence-corrected chi connectivity index (χ3v) is 2.93. The van der Waals surface area contributed by atoms with E-state index >= 15 is 0 Å². The average Bonchev–Trinajstić information content (AvgIpc) is 2.64. The van der Waals surface area contributed by atoms with E-state index in [2.05, 4.69) is 34.3 Å². The summed E-state index contributed by atoms with van der Waals surface area (Å²) < 4.78 is 0. The molecule has 0 saturated heterocycles. The van der Waals surface area contributed by atoms with E-state index in [1.807, 2.05) is 0 Å². The van der Waals surface area contributed by atoms with Crippen molar-refractivity contribution in [3.05, 3.63) is 16.5 Å². The molecule has 0 atom stereocenters. The molecule has 1 aromatic heterocycles. The molecule has 0 radical (unpaired) electrons. The number of likely N-dealkylation sites (N-methyl/N-ethyl adjacent to an activating group) is 1. The standard InChI is InChI=1S/C11H17ClN4/c1-16(2)7-6-13-10-8-4-3-5-9(8)14-11(12)15-10/h3-7H2,1-2H3,(H,13,14,15). The summed E-state index contributed by atoms with van der Waals surface area (Å²) in [5.41, 5.74) is 2.37. The van der Waals surface area contributed by atoms with Crippen LogP contribution in [0.4, 0.5) is 5.82 Å². The van der Waals surface area contributed by atoms with Crippen LogP contribution in [0.5, 0.6) is 0 Å². The number of hydrogen-bond donors (Lipinski definition) is 1. The quantitative estimate of drug-likeness (QED) is 0.812. The van der Waals surface area contributed by atoms with E-state index in [0.29, 0.717) is 5.28 Å². The Balaban J connectivity index is 2.08. The molecule has 0 saturated carbocycles. The number of nitrogens with one attached hydrogen (secondary N) is 1. The Morgan fingerprint density at radius 2 is 2.12 bits per heavy atom. The molecule has 0 unspecified atom stereocenters. The van der Waals surface area contributed by atoms with Crippen LogP contribution in [0.15, 0.2) is 0 Å². The van der Waals surface area contributed by atoms with E-state index in [9.17, 15) is 0 Å². The van der Waals surface area contributed by atoms with Crippen molar-refractivity contribution in [1.29, 1.82) is 0 Å². The van der Waals surface area contributed by atoms with Gasteiger partial charge in [-0.25, -0.2) is 9.97 Å². The first-order chi connectivity index (χ1) is 7.66. The topological polar surface area (TPSA) is 41.0 Å². The minimum atomic E-state index is 0.355. The van der Waals surface area contributed by atoms with Crippen molar-refractivity contribution in [3.63, 3.8) is 0 Å². The van der Waals surface area contributed by atoms with Gasteiger partial charge in [0.2, 0.25) is 5.28 Å². The number of hydrogen-bond acceptors (Lipinski definition) is 4. The molecular weight excluding hydrogens is 224 g/mol. The maximum Gasteiger partial charge on any atom is 0.224 e. The minimum absolute atomic E-state index is 0.355. The van der Waals surface area contributed by atoms with Gasteiger partial charge in [-0.1, -0.05) is 0 Å². The number of aryl methyl sites for hydroxylation is 1. The van der Waals surface area contributed by atoms with E-state index in [0.717, 1.165) is 43.9 Å².